The first-order chi connectivity index (χ1) is 11.4. The molecule has 7 nitrogen and oxygen atoms in total. The molecule has 24 heavy (non-hydrogen) atoms. The normalized spacial score (nSPS) is 11.5. The monoisotopic (exact) mass is 347 g/mol. The second kappa shape index (κ2) is 7.60. The predicted octanol–water partition coefficient (Wildman–Crippen LogP) is 2.51. The van der Waals surface area contributed by atoms with Gasteiger partial charge in [0, 0.05) is 11.6 Å². The van der Waals surface area contributed by atoms with Crippen LogP contribution in [0.2, 0.25) is 0 Å². The molecule has 0 aliphatic rings. The van der Waals surface area contributed by atoms with Crippen molar-refractivity contribution in [2.45, 2.75) is 11.8 Å². The number of nitro benzene ring substituents is 1. The molecule has 0 bridgehead atoms. The first-order valence-corrected chi connectivity index (χ1v) is 8.14. The van der Waals surface area contributed by atoms with Crippen molar-refractivity contribution in [3.63, 3.8) is 0 Å². The number of nitrogens with zero attached hydrogens (tertiary/aromatic N) is 1. The Hall–Kier alpha value is -2.87. The number of hydrogen-bond donors (Lipinski definition) is 0. The fourth-order valence-corrected chi connectivity index (χ4v) is 2.94. The summed E-state index contributed by atoms with van der Waals surface area (Å²) in [6, 6.07) is 11.4. The molecule has 0 amide bonds. The maximum Gasteiger partial charge on any atom is 0.324 e. The van der Waals surface area contributed by atoms with E-state index in [4.69, 9.17) is 4.74 Å². The van der Waals surface area contributed by atoms with Crippen LogP contribution in [0.5, 0.6) is 5.75 Å². The van der Waals surface area contributed by atoms with Crippen LogP contribution < -0.4 is 4.74 Å². The third-order valence-corrected chi connectivity index (χ3v) is 4.38. The van der Waals surface area contributed by atoms with E-state index in [1.54, 1.807) is 0 Å². The van der Waals surface area contributed by atoms with Crippen LogP contribution in [0.4, 0.5) is 5.69 Å². The molecule has 2 aromatic carbocycles. The lowest BCUT2D eigenvalue weighted by molar-refractivity contribution is -0.387. The summed E-state index contributed by atoms with van der Waals surface area (Å²) >= 11 is 0. The number of rotatable bonds is 6. The van der Waals surface area contributed by atoms with Gasteiger partial charge in [-0.15, -0.1) is 0 Å². The number of para-hydroxylation sites is 1. The first-order valence-electron chi connectivity index (χ1n) is 6.82. The summed E-state index contributed by atoms with van der Waals surface area (Å²) in [6.07, 6.45) is 0. The van der Waals surface area contributed by atoms with Gasteiger partial charge in [0.05, 0.1) is 15.7 Å². The van der Waals surface area contributed by atoms with Crippen LogP contribution >= 0.6 is 0 Å². The lowest BCUT2D eigenvalue weighted by atomic mass is 10.1. The summed E-state index contributed by atoms with van der Waals surface area (Å²) in [6.45, 7) is 1.41. The number of carbonyl (C=O) groups is 2. The summed E-state index contributed by atoms with van der Waals surface area (Å²) in [7, 11) is -1.90. The quantitative estimate of drug-likeness (QED) is 0.261. The number of carbonyl (C=O) groups excluding carboxylic acids is 2. The van der Waals surface area contributed by atoms with Gasteiger partial charge in [-0.05, 0) is 37.3 Å². The van der Waals surface area contributed by atoms with E-state index in [0.29, 0.717) is 5.56 Å². The van der Waals surface area contributed by atoms with Gasteiger partial charge >= 0.3 is 5.97 Å². The molecule has 2 aromatic rings. The number of benzene rings is 2. The van der Waals surface area contributed by atoms with E-state index in [1.165, 1.54) is 55.5 Å². The van der Waals surface area contributed by atoms with Crippen LogP contribution in [0.1, 0.15) is 17.3 Å². The summed E-state index contributed by atoms with van der Waals surface area (Å²) in [4.78, 5) is 33.2. The summed E-state index contributed by atoms with van der Waals surface area (Å²) in [5, 5.41) is 10.9. The van der Waals surface area contributed by atoms with Crippen molar-refractivity contribution < 1.29 is 23.5 Å². The molecule has 0 N–H and O–H groups in total. The smallest absolute Gasteiger partial charge is 0.324 e. The van der Waals surface area contributed by atoms with Crippen LogP contribution in [0.3, 0.4) is 0 Å². The van der Waals surface area contributed by atoms with Crippen molar-refractivity contribution in [2.75, 3.05) is 5.75 Å². The number of ether oxygens (including phenoxy) is 1. The minimum absolute atomic E-state index is 0.0358. The van der Waals surface area contributed by atoms with E-state index < -0.39 is 27.4 Å². The number of esters is 1. The molecule has 0 heterocycles. The van der Waals surface area contributed by atoms with Gasteiger partial charge in [0.15, 0.2) is 5.78 Å². The molecule has 0 aromatic heterocycles. The standard InChI is InChI=1S/C16H13NO6S/c1-11(18)12-6-8-13(9-7-12)23-16(19)10-24(22)15-5-3-2-4-14(15)17(20)21/h2-9H,10H2,1H3. The third kappa shape index (κ3) is 4.32. The third-order valence-electron chi connectivity index (χ3n) is 3.05. The molecule has 0 aliphatic heterocycles. The Morgan fingerprint density at radius 3 is 2.33 bits per heavy atom. The zero-order chi connectivity index (χ0) is 17.7. The molecule has 124 valence electrons. The summed E-state index contributed by atoms with van der Waals surface area (Å²) in [5.74, 6) is -1.23. The van der Waals surface area contributed by atoms with Crippen molar-refractivity contribution in [3.8, 4) is 5.75 Å². The molecule has 0 saturated heterocycles. The van der Waals surface area contributed by atoms with E-state index in [1.807, 2.05) is 0 Å². The molecular formula is C16H13NO6S. The molecule has 0 saturated carbocycles. The van der Waals surface area contributed by atoms with E-state index in [2.05, 4.69) is 0 Å². The van der Waals surface area contributed by atoms with Crippen LogP contribution in [-0.2, 0) is 15.6 Å². The average molecular weight is 347 g/mol. The van der Waals surface area contributed by atoms with Crippen molar-refractivity contribution >= 4 is 28.2 Å². The maximum atomic E-state index is 12.2. The largest absolute Gasteiger partial charge is 0.426 e. The molecular weight excluding hydrogens is 334 g/mol. The minimum Gasteiger partial charge on any atom is -0.426 e. The van der Waals surface area contributed by atoms with Crippen molar-refractivity contribution in [2.24, 2.45) is 0 Å². The average Bonchev–Trinajstić information content (AvgIpc) is 2.55. The number of nitro groups is 1. The topological polar surface area (TPSA) is 104 Å². The fourth-order valence-electron chi connectivity index (χ4n) is 1.90. The molecule has 1 atom stereocenters. The number of Topliss-reactive ketones (excluding diaryl/α,β-unsaturated/α-hetero) is 1. The minimum atomic E-state index is -1.90. The highest BCUT2D eigenvalue weighted by Crippen LogP contribution is 2.22. The molecule has 0 fully saturated rings. The van der Waals surface area contributed by atoms with Crippen LogP contribution in [0.25, 0.3) is 0 Å². The Kier molecular flexibility index (Phi) is 5.54. The second-order valence-electron chi connectivity index (χ2n) is 4.77. The predicted molar refractivity (Wildman–Crippen MR) is 86.5 cm³/mol. The lowest BCUT2D eigenvalue weighted by Crippen LogP contribution is -2.17. The van der Waals surface area contributed by atoms with Crippen LogP contribution in [-0.4, -0.2) is 26.6 Å². The Morgan fingerprint density at radius 1 is 1.12 bits per heavy atom. The highest BCUT2D eigenvalue weighted by Gasteiger charge is 2.21. The van der Waals surface area contributed by atoms with Gasteiger partial charge < -0.3 is 4.74 Å². The van der Waals surface area contributed by atoms with Gasteiger partial charge in [-0.25, -0.2) is 0 Å². The Morgan fingerprint density at radius 2 is 1.75 bits per heavy atom. The lowest BCUT2D eigenvalue weighted by Gasteiger charge is -2.05. The second-order valence-corrected chi connectivity index (χ2v) is 6.19. The van der Waals surface area contributed by atoms with E-state index in [9.17, 15) is 23.9 Å². The zero-order valence-corrected chi connectivity index (χ0v) is 13.4. The molecule has 0 spiro atoms. The Bertz CT molecular complexity index is 816. The van der Waals surface area contributed by atoms with E-state index in [-0.39, 0.29) is 22.1 Å². The highest BCUT2D eigenvalue weighted by atomic mass is 32.2. The molecule has 0 radical (unpaired) electrons. The molecule has 1 unspecified atom stereocenters. The zero-order valence-electron chi connectivity index (χ0n) is 12.6. The van der Waals surface area contributed by atoms with Crippen LogP contribution in [0, 0.1) is 10.1 Å². The molecule has 8 heteroatoms. The number of ketones is 1. The molecule has 2 rings (SSSR count). The molecule has 0 aliphatic carbocycles. The van der Waals surface area contributed by atoms with Gasteiger partial charge in [-0.1, -0.05) is 12.1 Å². The number of hydrogen-bond acceptors (Lipinski definition) is 6. The SMILES string of the molecule is CC(=O)c1ccc(OC(=O)CS(=O)c2ccccc2[N+](=O)[O-])cc1. The maximum absolute atomic E-state index is 12.2. The van der Waals surface area contributed by atoms with E-state index in [0.717, 1.165) is 0 Å². The summed E-state index contributed by atoms with van der Waals surface area (Å²) < 4.78 is 17.2. The van der Waals surface area contributed by atoms with Crippen LogP contribution in [0.15, 0.2) is 53.4 Å². The summed E-state index contributed by atoms with van der Waals surface area (Å²) in [5.41, 5.74) is 0.160. The van der Waals surface area contributed by atoms with Gasteiger partial charge in [0.1, 0.15) is 16.4 Å². The van der Waals surface area contributed by atoms with Crippen molar-refractivity contribution in [3.05, 3.63) is 64.2 Å². The van der Waals surface area contributed by atoms with Gasteiger partial charge in [0.25, 0.3) is 5.69 Å². The first kappa shape index (κ1) is 17.5. The van der Waals surface area contributed by atoms with Crippen molar-refractivity contribution in [1.82, 2.24) is 0 Å². The highest BCUT2D eigenvalue weighted by molar-refractivity contribution is 7.85. The Balaban J connectivity index is 2.06. The Labute approximate surface area is 139 Å². The van der Waals surface area contributed by atoms with Crippen molar-refractivity contribution in [1.29, 1.82) is 0 Å². The van der Waals surface area contributed by atoms with Gasteiger partial charge in [-0.2, -0.15) is 0 Å². The fraction of sp³-hybridized carbons (Fsp3) is 0.125. The van der Waals surface area contributed by atoms with Gasteiger partial charge in [-0.3, -0.25) is 23.9 Å². The van der Waals surface area contributed by atoms with Gasteiger partial charge in [0.2, 0.25) is 0 Å². The van der Waals surface area contributed by atoms with E-state index >= 15 is 0 Å².